The lowest BCUT2D eigenvalue weighted by Crippen LogP contribution is -2.36. The Morgan fingerprint density at radius 1 is 0.625 bits per heavy atom. The molecule has 15 heteroatoms. The zero-order chi connectivity index (χ0) is 39.5. The fraction of sp³-hybridized carbons (Fsp3) is 0.732. The number of amides is 6. The SMILES string of the molecule is O=C(CCCC[C@@H]1SC[C@@H]2NC(=O)N[C@@H]21)NCCCCCCCN(CCCCCCNC(=O)CCCC[C@@H]1SC[C@@H]2NC(=O)N[C@@H]21)Cc1ccc(C(=O)O)cc1. The zero-order valence-electron chi connectivity index (χ0n) is 33.0. The first-order valence-corrected chi connectivity index (χ1v) is 23.3. The number of benzene rings is 1. The number of hydrogen-bond donors (Lipinski definition) is 7. The molecule has 0 aromatic heterocycles. The monoisotopic (exact) mass is 815 g/mol. The van der Waals surface area contributed by atoms with E-state index in [1.54, 1.807) is 12.1 Å². The number of fused-ring (bicyclic) bond motifs is 2. The molecule has 4 saturated heterocycles. The smallest absolute Gasteiger partial charge is 0.335 e. The summed E-state index contributed by atoms with van der Waals surface area (Å²) in [5.41, 5.74) is 1.42. The number of aromatic carboxylic acids is 1. The average molecular weight is 816 g/mol. The lowest BCUT2D eigenvalue weighted by atomic mass is 10.0. The minimum atomic E-state index is -0.910. The van der Waals surface area contributed by atoms with Gasteiger partial charge in [-0.15, -0.1) is 0 Å². The molecule has 4 aliphatic rings. The van der Waals surface area contributed by atoms with E-state index in [0.29, 0.717) is 35.4 Å². The second-order valence-corrected chi connectivity index (χ2v) is 18.4. The highest BCUT2D eigenvalue weighted by atomic mass is 32.2. The van der Waals surface area contributed by atoms with E-state index in [4.69, 9.17) is 0 Å². The van der Waals surface area contributed by atoms with Crippen LogP contribution in [0.5, 0.6) is 0 Å². The maximum atomic E-state index is 12.4. The zero-order valence-corrected chi connectivity index (χ0v) is 34.6. The van der Waals surface area contributed by atoms with Crippen molar-refractivity contribution in [3.8, 4) is 0 Å². The molecule has 0 spiro atoms. The van der Waals surface area contributed by atoms with Crippen LogP contribution in [0.4, 0.5) is 9.59 Å². The van der Waals surface area contributed by atoms with E-state index >= 15 is 0 Å². The highest BCUT2D eigenvalue weighted by Gasteiger charge is 2.43. The molecule has 1 aromatic carbocycles. The molecule has 7 N–H and O–H groups in total. The molecule has 5 rings (SSSR count). The van der Waals surface area contributed by atoms with Crippen molar-refractivity contribution in [1.82, 2.24) is 36.8 Å². The fourth-order valence-corrected chi connectivity index (χ4v) is 11.4. The second-order valence-electron chi connectivity index (χ2n) is 15.9. The Balaban J connectivity index is 0.863. The van der Waals surface area contributed by atoms with E-state index in [9.17, 15) is 29.1 Å². The number of carboxylic acid groups (broad SMARTS) is 1. The number of carboxylic acids is 1. The topological polar surface area (TPSA) is 181 Å². The molecule has 13 nitrogen and oxygen atoms in total. The quantitative estimate of drug-likeness (QED) is 0.0432. The van der Waals surface area contributed by atoms with Crippen LogP contribution >= 0.6 is 23.5 Å². The number of hydrogen-bond acceptors (Lipinski definition) is 8. The van der Waals surface area contributed by atoms with Gasteiger partial charge in [-0.2, -0.15) is 23.5 Å². The standard InChI is InChI=1S/C41H65N7O6S2/c49-35(16-8-6-14-33-37-31(27-55-33)44-40(53)46-37)42-22-10-2-1-4-12-24-48(26-29-18-20-30(21-19-29)39(51)52)25-13-5-3-11-23-43-36(50)17-9-7-15-34-38-32(28-56-34)45-41(54)47-38/h18-21,31-34,37-38H,1-17,22-28H2,(H,42,49)(H,43,50)(H,51,52)(H2,44,46,53)(H2,45,47,54)/t31-,32-,33-,34-,37-,38-/m0/s1. The fourth-order valence-electron chi connectivity index (χ4n) is 8.27. The molecule has 0 unspecified atom stereocenters. The van der Waals surface area contributed by atoms with Crippen molar-refractivity contribution in [2.45, 2.75) is 150 Å². The van der Waals surface area contributed by atoms with Crippen molar-refractivity contribution in [2.24, 2.45) is 0 Å². The average Bonchev–Trinajstić information content (AvgIpc) is 3.94. The third-order valence-corrected chi connectivity index (χ3v) is 14.5. The second kappa shape index (κ2) is 23.9. The van der Waals surface area contributed by atoms with E-state index in [-0.39, 0.29) is 48.0 Å². The number of carbonyl (C=O) groups excluding carboxylic acids is 4. The third-order valence-electron chi connectivity index (χ3n) is 11.5. The van der Waals surface area contributed by atoms with Gasteiger partial charge >= 0.3 is 18.0 Å². The van der Waals surface area contributed by atoms with Crippen LogP contribution in [0.2, 0.25) is 0 Å². The first-order valence-electron chi connectivity index (χ1n) is 21.2. The predicted molar refractivity (Wildman–Crippen MR) is 224 cm³/mol. The van der Waals surface area contributed by atoms with Crippen molar-refractivity contribution >= 4 is 53.4 Å². The summed E-state index contributed by atoms with van der Waals surface area (Å²) < 4.78 is 0. The van der Waals surface area contributed by atoms with Gasteiger partial charge in [-0.25, -0.2) is 14.4 Å². The van der Waals surface area contributed by atoms with Crippen LogP contribution in [0.1, 0.15) is 125 Å². The van der Waals surface area contributed by atoms with Crippen molar-refractivity contribution < 1.29 is 29.1 Å². The van der Waals surface area contributed by atoms with Gasteiger partial charge in [0.15, 0.2) is 0 Å². The van der Waals surface area contributed by atoms with Gasteiger partial charge in [-0.3, -0.25) is 14.5 Å². The van der Waals surface area contributed by atoms with Crippen molar-refractivity contribution in [2.75, 3.05) is 37.7 Å². The molecule has 6 amide bonds. The largest absolute Gasteiger partial charge is 0.478 e. The molecule has 4 fully saturated rings. The molecule has 1 aromatic rings. The van der Waals surface area contributed by atoms with Crippen molar-refractivity contribution in [3.05, 3.63) is 35.4 Å². The van der Waals surface area contributed by atoms with Gasteiger partial charge < -0.3 is 37.0 Å². The number of thioether (sulfide) groups is 2. The minimum absolute atomic E-state index is 0.0521. The van der Waals surface area contributed by atoms with Crippen LogP contribution < -0.4 is 31.9 Å². The van der Waals surface area contributed by atoms with Gasteiger partial charge in [0.1, 0.15) is 0 Å². The third kappa shape index (κ3) is 15.0. The van der Waals surface area contributed by atoms with E-state index in [2.05, 4.69) is 36.8 Å². The molecule has 0 bridgehead atoms. The number of unbranched alkanes of at least 4 members (excludes halogenated alkanes) is 9. The van der Waals surface area contributed by atoms with Gasteiger partial charge in [-0.1, -0.05) is 57.1 Å². The Morgan fingerprint density at radius 2 is 1.09 bits per heavy atom. The summed E-state index contributed by atoms with van der Waals surface area (Å²) in [6.45, 7) is 4.20. The van der Waals surface area contributed by atoms with Gasteiger partial charge in [0.25, 0.3) is 0 Å². The van der Waals surface area contributed by atoms with E-state index in [0.717, 1.165) is 140 Å². The summed E-state index contributed by atoms with van der Waals surface area (Å²) in [6.07, 6.45) is 16.6. The number of urea groups is 2. The lowest BCUT2D eigenvalue weighted by Gasteiger charge is -2.22. The van der Waals surface area contributed by atoms with Crippen molar-refractivity contribution in [3.63, 3.8) is 0 Å². The molecule has 4 heterocycles. The van der Waals surface area contributed by atoms with Crippen LogP contribution in [-0.2, 0) is 16.1 Å². The van der Waals surface area contributed by atoms with Gasteiger partial charge in [0.2, 0.25) is 11.8 Å². The normalized spacial score (nSPS) is 23.6. The van der Waals surface area contributed by atoms with Crippen LogP contribution in [-0.4, -0.2) is 112 Å². The number of rotatable bonds is 28. The maximum Gasteiger partial charge on any atom is 0.335 e. The van der Waals surface area contributed by atoms with Crippen LogP contribution in [0.3, 0.4) is 0 Å². The number of nitrogens with zero attached hydrogens (tertiary/aromatic N) is 1. The summed E-state index contributed by atoms with van der Waals surface area (Å²) in [7, 11) is 0. The van der Waals surface area contributed by atoms with Crippen LogP contribution in [0, 0.1) is 0 Å². The Bertz CT molecular complexity index is 1420. The summed E-state index contributed by atoms with van der Waals surface area (Å²) >= 11 is 3.84. The molecular formula is C41H65N7O6S2. The molecule has 4 aliphatic heterocycles. The Kier molecular flexibility index (Phi) is 18.8. The number of nitrogens with one attached hydrogen (secondary N) is 6. The predicted octanol–water partition coefficient (Wildman–Crippen LogP) is 5.38. The first-order chi connectivity index (χ1) is 27.2. The molecule has 312 valence electrons. The van der Waals surface area contributed by atoms with E-state index in [1.165, 1.54) is 0 Å². The summed E-state index contributed by atoms with van der Waals surface area (Å²) in [4.78, 5) is 61.6. The van der Waals surface area contributed by atoms with E-state index < -0.39 is 5.97 Å². The van der Waals surface area contributed by atoms with Gasteiger partial charge in [0, 0.05) is 54.5 Å². The molecule has 6 atom stereocenters. The summed E-state index contributed by atoms with van der Waals surface area (Å²) in [6, 6.07) is 8.04. The lowest BCUT2D eigenvalue weighted by molar-refractivity contribution is -0.122. The van der Waals surface area contributed by atoms with Crippen LogP contribution in [0.15, 0.2) is 24.3 Å². The van der Waals surface area contributed by atoms with Crippen LogP contribution in [0.25, 0.3) is 0 Å². The first kappa shape index (κ1) is 43.9. The van der Waals surface area contributed by atoms with Gasteiger partial charge in [0.05, 0.1) is 29.7 Å². The molecular weight excluding hydrogens is 751 g/mol. The maximum absolute atomic E-state index is 12.4. The highest BCUT2D eigenvalue weighted by Crippen LogP contribution is 2.34. The summed E-state index contributed by atoms with van der Waals surface area (Å²) in [5, 5.41) is 28.4. The summed E-state index contributed by atoms with van der Waals surface area (Å²) in [5.74, 6) is 1.28. The Hall–Kier alpha value is -3.17. The van der Waals surface area contributed by atoms with Gasteiger partial charge in [-0.05, 0) is 82.2 Å². The van der Waals surface area contributed by atoms with Crippen molar-refractivity contribution in [1.29, 1.82) is 0 Å². The Morgan fingerprint density at radius 3 is 1.57 bits per heavy atom. The highest BCUT2D eigenvalue weighted by molar-refractivity contribution is 8.00. The number of carbonyl (C=O) groups is 5. The Labute approximate surface area is 341 Å². The van der Waals surface area contributed by atoms with E-state index in [1.807, 2.05) is 35.7 Å². The molecule has 56 heavy (non-hydrogen) atoms. The minimum Gasteiger partial charge on any atom is -0.478 e. The molecule has 0 aliphatic carbocycles. The molecule has 0 radical (unpaired) electrons. The molecule has 0 saturated carbocycles.